The summed E-state index contributed by atoms with van der Waals surface area (Å²) in [5, 5.41) is 4.21. The van der Waals surface area contributed by atoms with Gasteiger partial charge in [0.1, 0.15) is 0 Å². The molecule has 0 atom stereocenters. The number of nitrogens with one attached hydrogen (secondary N) is 2. The fourth-order valence-electron chi connectivity index (χ4n) is 2.19. The highest BCUT2D eigenvalue weighted by Gasteiger charge is 2.09. The Balaban J connectivity index is 1.78. The van der Waals surface area contributed by atoms with Crippen molar-refractivity contribution < 1.29 is 9.47 Å². The molecule has 0 spiro atoms. The highest BCUT2D eigenvalue weighted by Crippen LogP contribution is 2.33. The molecule has 0 aliphatic carbocycles. The first-order valence-corrected chi connectivity index (χ1v) is 7.94. The molecular weight excluding hydrogens is 407 g/mol. The van der Waals surface area contributed by atoms with E-state index in [9.17, 15) is 0 Å². The lowest BCUT2D eigenvalue weighted by Gasteiger charge is -2.10. The van der Waals surface area contributed by atoms with Gasteiger partial charge in [-0.05, 0) is 52.4 Å². The van der Waals surface area contributed by atoms with E-state index in [4.69, 9.17) is 9.47 Å². The van der Waals surface area contributed by atoms with Gasteiger partial charge in [0.15, 0.2) is 11.5 Å². The van der Waals surface area contributed by atoms with E-state index in [-0.39, 0.29) is 0 Å². The minimum atomic E-state index is 0.595. The van der Waals surface area contributed by atoms with Crippen LogP contribution in [0, 0.1) is 3.57 Å². The second-order valence-corrected chi connectivity index (χ2v) is 5.87. The van der Waals surface area contributed by atoms with Crippen LogP contribution in [-0.4, -0.2) is 30.4 Å². The highest BCUT2D eigenvalue weighted by atomic mass is 127. The lowest BCUT2D eigenvalue weighted by molar-refractivity contribution is 0.353. The van der Waals surface area contributed by atoms with Gasteiger partial charge in [0.05, 0.1) is 35.0 Å². The number of halogens is 1. The van der Waals surface area contributed by atoms with Gasteiger partial charge in [-0.1, -0.05) is 12.1 Å². The monoisotopic (exact) mass is 422 g/mol. The number of benzene rings is 2. The number of hydrogen-bond donors (Lipinski definition) is 2. The first-order valence-electron chi connectivity index (χ1n) is 6.86. The molecule has 2 N–H and O–H groups in total. The van der Waals surface area contributed by atoms with Gasteiger partial charge in [0, 0.05) is 0 Å². The third kappa shape index (κ3) is 3.39. The molecular formula is C16H15IN4O2. The first-order chi connectivity index (χ1) is 11.2. The van der Waals surface area contributed by atoms with Crippen LogP contribution in [0.1, 0.15) is 5.56 Å². The van der Waals surface area contributed by atoms with Crippen LogP contribution in [-0.2, 0) is 0 Å². The zero-order chi connectivity index (χ0) is 16.2. The minimum Gasteiger partial charge on any atom is -0.493 e. The maximum Gasteiger partial charge on any atom is 0.222 e. The van der Waals surface area contributed by atoms with Gasteiger partial charge < -0.3 is 14.5 Å². The molecule has 6 nitrogen and oxygen atoms in total. The van der Waals surface area contributed by atoms with Crippen molar-refractivity contribution in [2.45, 2.75) is 0 Å². The van der Waals surface area contributed by atoms with Crippen molar-refractivity contribution >= 4 is 45.8 Å². The molecule has 0 bridgehead atoms. The standard InChI is InChI=1S/C16H15IN4O2/c1-22-14-8-10(7-11(17)15(14)23-2)9-18-21-16-19-12-5-3-4-6-13(12)20-16/h3-9H,1-2H3,(H2,19,20,21)/b18-9+. The van der Waals surface area contributed by atoms with Crippen LogP contribution >= 0.6 is 22.6 Å². The van der Waals surface area contributed by atoms with E-state index >= 15 is 0 Å². The fraction of sp³-hybridized carbons (Fsp3) is 0.125. The number of imidazole rings is 1. The predicted molar refractivity (Wildman–Crippen MR) is 99.6 cm³/mol. The number of nitrogens with zero attached hydrogens (tertiary/aromatic N) is 2. The molecule has 1 aromatic heterocycles. The van der Waals surface area contributed by atoms with Crippen LogP contribution in [0.15, 0.2) is 41.5 Å². The summed E-state index contributed by atoms with van der Waals surface area (Å²) in [6, 6.07) is 11.6. The normalized spacial score (nSPS) is 11.1. The summed E-state index contributed by atoms with van der Waals surface area (Å²) in [5.74, 6) is 1.98. The Bertz CT molecular complexity index is 827. The number of aromatic amines is 1. The molecule has 3 aromatic rings. The van der Waals surface area contributed by atoms with E-state index in [0.717, 1.165) is 25.9 Å². The Hall–Kier alpha value is -2.29. The number of fused-ring (bicyclic) bond motifs is 1. The maximum absolute atomic E-state index is 5.33. The molecule has 3 rings (SSSR count). The lowest BCUT2D eigenvalue weighted by atomic mass is 10.2. The summed E-state index contributed by atoms with van der Waals surface area (Å²) >= 11 is 2.20. The zero-order valence-electron chi connectivity index (χ0n) is 12.6. The smallest absolute Gasteiger partial charge is 0.222 e. The van der Waals surface area contributed by atoms with Crippen LogP contribution in [0.5, 0.6) is 11.5 Å². The van der Waals surface area contributed by atoms with Gasteiger partial charge >= 0.3 is 0 Å². The largest absolute Gasteiger partial charge is 0.493 e. The van der Waals surface area contributed by atoms with E-state index < -0.39 is 0 Å². The van der Waals surface area contributed by atoms with Crippen molar-refractivity contribution in [3.63, 3.8) is 0 Å². The number of rotatable bonds is 5. The second kappa shape index (κ2) is 6.86. The van der Waals surface area contributed by atoms with Crippen molar-refractivity contribution in [3.8, 4) is 11.5 Å². The van der Waals surface area contributed by atoms with Crippen LogP contribution in [0.2, 0.25) is 0 Å². The minimum absolute atomic E-state index is 0.595. The Labute approximate surface area is 147 Å². The number of H-pyrrole nitrogens is 1. The Kier molecular flexibility index (Phi) is 4.65. The van der Waals surface area contributed by atoms with E-state index in [1.165, 1.54) is 0 Å². The molecule has 0 unspecified atom stereocenters. The van der Waals surface area contributed by atoms with E-state index in [1.54, 1.807) is 20.4 Å². The number of aromatic nitrogens is 2. The summed E-state index contributed by atoms with van der Waals surface area (Å²) in [5.41, 5.74) is 5.65. The van der Waals surface area contributed by atoms with Gasteiger partial charge in [0.25, 0.3) is 0 Å². The van der Waals surface area contributed by atoms with Crippen LogP contribution in [0.3, 0.4) is 0 Å². The van der Waals surface area contributed by atoms with Gasteiger partial charge in [-0.15, -0.1) is 0 Å². The third-order valence-electron chi connectivity index (χ3n) is 3.23. The molecule has 2 aromatic carbocycles. The molecule has 1 heterocycles. The average Bonchev–Trinajstić information content (AvgIpc) is 2.97. The zero-order valence-corrected chi connectivity index (χ0v) is 14.8. The first kappa shape index (κ1) is 15.6. The van der Waals surface area contributed by atoms with Crippen molar-refractivity contribution in [3.05, 3.63) is 45.5 Å². The van der Waals surface area contributed by atoms with Gasteiger partial charge in [-0.25, -0.2) is 10.4 Å². The number of hydrogen-bond acceptors (Lipinski definition) is 5. The topological polar surface area (TPSA) is 71.5 Å². The molecule has 0 aliphatic heterocycles. The van der Waals surface area contributed by atoms with E-state index in [0.29, 0.717) is 11.7 Å². The molecule has 118 valence electrons. The fourth-order valence-corrected chi connectivity index (χ4v) is 3.03. The Morgan fingerprint density at radius 1 is 1.22 bits per heavy atom. The number of anilines is 1. The molecule has 0 saturated carbocycles. The Morgan fingerprint density at radius 3 is 2.78 bits per heavy atom. The Morgan fingerprint density at radius 2 is 2.04 bits per heavy atom. The van der Waals surface area contributed by atoms with Crippen molar-refractivity contribution in [1.82, 2.24) is 9.97 Å². The van der Waals surface area contributed by atoms with Gasteiger partial charge in [0.2, 0.25) is 5.95 Å². The number of para-hydroxylation sites is 2. The number of hydrazone groups is 1. The molecule has 0 fully saturated rings. The van der Waals surface area contributed by atoms with E-state index in [2.05, 4.69) is 43.1 Å². The molecule has 0 radical (unpaired) electrons. The number of ether oxygens (including phenoxy) is 2. The molecule has 0 saturated heterocycles. The molecule has 0 aliphatic rings. The highest BCUT2D eigenvalue weighted by molar-refractivity contribution is 14.1. The van der Waals surface area contributed by atoms with Crippen LogP contribution in [0.25, 0.3) is 11.0 Å². The number of methoxy groups -OCH3 is 2. The van der Waals surface area contributed by atoms with Crippen molar-refractivity contribution in [2.75, 3.05) is 19.6 Å². The summed E-state index contributed by atoms with van der Waals surface area (Å²) in [7, 11) is 3.23. The van der Waals surface area contributed by atoms with Crippen molar-refractivity contribution in [1.29, 1.82) is 0 Å². The van der Waals surface area contributed by atoms with E-state index in [1.807, 2.05) is 36.4 Å². The van der Waals surface area contributed by atoms with Gasteiger partial charge in [-0.3, -0.25) is 0 Å². The van der Waals surface area contributed by atoms with Crippen molar-refractivity contribution in [2.24, 2.45) is 5.10 Å². The summed E-state index contributed by atoms with van der Waals surface area (Å²) in [4.78, 5) is 7.55. The van der Waals surface area contributed by atoms with Gasteiger partial charge in [-0.2, -0.15) is 5.10 Å². The lowest BCUT2D eigenvalue weighted by Crippen LogP contribution is -1.97. The SMILES string of the molecule is COc1cc(/C=N/Nc2nc3ccccc3[nH]2)cc(I)c1OC. The average molecular weight is 422 g/mol. The van der Waals surface area contributed by atoms with Crippen LogP contribution < -0.4 is 14.9 Å². The third-order valence-corrected chi connectivity index (χ3v) is 4.03. The molecule has 23 heavy (non-hydrogen) atoms. The summed E-state index contributed by atoms with van der Waals surface area (Å²) < 4.78 is 11.6. The molecule has 0 amide bonds. The maximum atomic E-state index is 5.33. The molecule has 7 heteroatoms. The van der Waals surface area contributed by atoms with Crippen LogP contribution in [0.4, 0.5) is 5.95 Å². The summed E-state index contributed by atoms with van der Waals surface area (Å²) in [6.45, 7) is 0. The second-order valence-electron chi connectivity index (χ2n) is 4.71. The quantitative estimate of drug-likeness (QED) is 0.374. The summed E-state index contributed by atoms with van der Waals surface area (Å²) in [6.07, 6.45) is 1.71. The predicted octanol–water partition coefficient (Wildman–Crippen LogP) is 3.63.